The van der Waals surface area contributed by atoms with Crippen LogP contribution in [0, 0.1) is 0 Å². The molecule has 0 aliphatic carbocycles. The van der Waals surface area contributed by atoms with Gasteiger partial charge in [-0.05, 0) is 43.5 Å². The maximum Gasteiger partial charge on any atom is 0.255 e. The van der Waals surface area contributed by atoms with Gasteiger partial charge in [0.05, 0.1) is 11.3 Å². The number of hydrogen-bond donors (Lipinski definition) is 2. The summed E-state index contributed by atoms with van der Waals surface area (Å²) in [6.45, 7) is 7.40. The van der Waals surface area contributed by atoms with Gasteiger partial charge in [-0.25, -0.2) is 0 Å². The van der Waals surface area contributed by atoms with Crippen molar-refractivity contribution in [3.63, 3.8) is 0 Å². The second-order valence-corrected chi connectivity index (χ2v) is 8.17. The number of hydrogen-bond acceptors (Lipinski definition) is 5. The Hall–Kier alpha value is -2.73. The molecule has 0 saturated carbocycles. The molecule has 6 heteroatoms. The van der Waals surface area contributed by atoms with Crippen molar-refractivity contribution < 1.29 is 9.90 Å². The molecule has 160 valence electrons. The topological polar surface area (TPSA) is 59.1 Å². The van der Waals surface area contributed by atoms with Gasteiger partial charge >= 0.3 is 0 Å². The van der Waals surface area contributed by atoms with Gasteiger partial charge in [-0.2, -0.15) is 0 Å². The van der Waals surface area contributed by atoms with Crippen LogP contribution in [0.5, 0.6) is 5.75 Å². The monoisotopic (exact) mass is 408 g/mol. The van der Waals surface area contributed by atoms with Gasteiger partial charge in [0.2, 0.25) is 0 Å². The van der Waals surface area contributed by atoms with E-state index >= 15 is 0 Å². The van der Waals surface area contributed by atoms with Gasteiger partial charge in [-0.3, -0.25) is 9.69 Å². The number of phenols is 1. The number of piperazine rings is 1. The molecule has 2 saturated heterocycles. The zero-order chi connectivity index (χ0) is 20.8. The number of nitrogens with zero attached hydrogens (tertiary/aromatic N) is 3. The largest absolute Gasteiger partial charge is 0.508 e. The number of amides is 1. The maximum absolute atomic E-state index is 13.0. The molecule has 0 unspecified atom stereocenters. The summed E-state index contributed by atoms with van der Waals surface area (Å²) in [7, 11) is 0. The van der Waals surface area contributed by atoms with Crippen LogP contribution < -0.4 is 10.2 Å². The summed E-state index contributed by atoms with van der Waals surface area (Å²) in [5.74, 6) is 0.248. The van der Waals surface area contributed by atoms with Crippen molar-refractivity contribution in [3.05, 3.63) is 54.1 Å². The van der Waals surface area contributed by atoms with E-state index < -0.39 is 0 Å². The predicted octanol–water partition coefficient (Wildman–Crippen LogP) is 3.25. The molecule has 0 bridgehead atoms. The Bertz CT molecular complexity index is 828. The van der Waals surface area contributed by atoms with Crippen LogP contribution in [0.4, 0.5) is 11.4 Å². The van der Waals surface area contributed by atoms with Crippen molar-refractivity contribution in [2.75, 3.05) is 62.6 Å². The van der Waals surface area contributed by atoms with Gasteiger partial charge in [-0.1, -0.05) is 18.2 Å². The Labute approximate surface area is 179 Å². The first-order chi connectivity index (χ1) is 14.7. The van der Waals surface area contributed by atoms with E-state index in [1.165, 1.54) is 12.1 Å². The molecule has 0 atom stereocenters. The number of piperidine rings is 1. The Morgan fingerprint density at radius 3 is 2.37 bits per heavy atom. The third-order valence-electron chi connectivity index (χ3n) is 6.11. The van der Waals surface area contributed by atoms with Crippen molar-refractivity contribution in [1.29, 1.82) is 0 Å². The second-order valence-electron chi connectivity index (χ2n) is 8.17. The minimum atomic E-state index is 0.0636. The lowest BCUT2D eigenvalue weighted by Gasteiger charge is -2.36. The quantitative estimate of drug-likeness (QED) is 0.768. The number of nitrogens with one attached hydrogen (secondary N) is 1. The Morgan fingerprint density at radius 1 is 0.900 bits per heavy atom. The SMILES string of the molecule is O=C(c1ccc(O)cc1NCCN1CCN(c2ccccc2)CC1)N1CCCCC1. The highest BCUT2D eigenvalue weighted by molar-refractivity contribution is 6.00. The van der Waals surface area contributed by atoms with Gasteiger partial charge in [0.15, 0.2) is 0 Å². The van der Waals surface area contributed by atoms with E-state index in [0.29, 0.717) is 5.56 Å². The highest BCUT2D eigenvalue weighted by Crippen LogP contribution is 2.24. The molecule has 0 spiro atoms. The normalized spacial score (nSPS) is 17.7. The number of aromatic hydroxyl groups is 1. The van der Waals surface area contributed by atoms with E-state index in [0.717, 1.165) is 70.9 Å². The lowest BCUT2D eigenvalue weighted by molar-refractivity contribution is 0.0725. The highest BCUT2D eigenvalue weighted by atomic mass is 16.3. The molecule has 4 rings (SSSR count). The lowest BCUT2D eigenvalue weighted by Crippen LogP contribution is -2.47. The van der Waals surface area contributed by atoms with E-state index in [1.807, 2.05) is 4.90 Å². The van der Waals surface area contributed by atoms with Crippen LogP contribution in [0.1, 0.15) is 29.6 Å². The molecule has 1 amide bonds. The van der Waals surface area contributed by atoms with Gasteiger partial charge < -0.3 is 20.2 Å². The van der Waals surface area contributed by atoms with Crippen molar-refractivity contribution in [3.8, 4) is 5.75 Å². The smallest absolute Gasteiger partial charge is 0.255 e. The number of carbonyl (C=O) groups is 1. The first-order valence-electron chi connectivity index (χ1n) is 11.1. The van der Waals surface area contributed by atoms with E-state index in [1.54, 1.807) is 18.2 Å². The summed E-state index contributed by atoms with van der Waals surface area (Å²) in [4.78, 5) is 19.8. The Morgan fingerprint density at radius 2 is 1.63 bits per heavy atom. The first-order valence-corrected chi connectivity index (χ1v) is 11.1. The second kappa shape index (κ2) is 9.85. The fourth-order valence-electron chi connectivity index (χ4n) is 4.35. The number of para-hydroxylation sites is 1. The highest BCUT2D eigenvalue weighted by Gasteiger charge is 2.21. The number of carbonyl (C=O) groups excluding carboxylic acids is 1. The van der Waals surface area contributed by atoms with Crippen LogP contribution in [0.25, 0.3) is 0 Å². The summed E-state index contributed by atoms with van der Waals surface area (Å²) < 4.78 is 0. The summed E-state index contributed by atoms with van der Waals surface area (Å²) in [5.41, 5.74) is 2.67. The minimum Gasteiger partial charge on any atom is -0.508 e. The summed E-state index contributed by atoms with van der Waals surface area (Å²) in [5, 5.41) is 13.3. The number of anilines is 2. The number of rotatable bonds is 6. The number of phenolic OH excluding ortho intramolecular Hbond substituents is 1. The zero-order valence-electron chi connectivity index (χ0n) is 17.6. The molecule has 0 aromatic heterocycles. The van der Waals surface area contributed by atoms with Gasteiger partial charge in [0.25, 0.3) is 5.91 Å². The molecule has 2 aliphatic heterocycles. The third-order valence-corrected chi connectivity index (χ3v) is 6.11. The van der Waals surface area contributed by atoms with Crippen molar-refractivity contribution in [1.82, 2.24) is 9.80 Å². The average Bonchev–Trinajstić information content (AvgIpc) is 2.80. The number of likely N-dealkylation sites (tertiary alicyclic amines) is 1. The van der Waals surface area contributed by atoms with Crippen molar-refractivity contribution in [2.24, 2.45) is 0 Å². The van der Waals surface area contributed by atoms with E-state index in [9.17, 15) is 9.90 Å². The van der Waals surface area contributed by atoms with Crippen LogP contribution in [-0.4, -0.2) is 73.2 Å². The summed E-state index contributed by atoms with van der Waals surface area (Å²) >= 11 is 0. The van der Waals surface area contributed by atoms with Gasteiger partial charge in [-0.15, -0.1) is 0 Å². The van der Waals surface area contributed by atoms with Crippen LogP contribution in [-0.2, 0) is 0 Å². The third kappa shape index (κ3) is 5.05. The molecule has 30 heavy (non-hydrogen) atoms. The molecule has 2 aromatic rings. The van der Waals surface area contributed by atoms with E-state index in [-0.39, 0.29) is 11.7 Å². The standard InChI is InChI=1S/C24H32N4O2/c29-21-9-10-22(24(30)28-12-5-2-6-13-28)23(19-21)25-11-14-26-15-17-27(18-16-26)20-7-3-1-4-8-20/h1,3-4,7-10,19,25,29H,2,5-6,11-18H2. The summed E-state index contributed by atoms with van der Waals surface area (Å²) in [6, 6.07) is 15.6. The van der Waals surface area contributed by atoms with Crippen LogP contribution >= 0.6 is 0 Å². The number of benzene rings is 2. The van der Waals surface area contributed by atoms with E-state index in [4.69, 9.17) is 0 Å². The van der Waals surface area contributed by atoms with Gasteiger partial charge in [0.1, 0.15) is 5.75 Å². The predicted molar refractivity (Wildman–Crippen MR) is 121 cm³/mol. The zero-order valence-corrected chi connectivity index (χ0v) is 17.6. The van der Waals surface area contributed by atoms with E-state index in [2.05, 4.69) is 45.4 Å². The Balaban J connectivity index is 1.30. The molecule has 2 fully saturated rings. The van der Waals surface area contributed by atoms with Gasteiger partial charge in [0, 0.05) is 64.1 Å². The molecule has 2 heterocycles. The van der Waals surface area contributed by atoms with Crippen molar-refractivity contribution in [2.45, 2.75) is 19.3 Å². The summed E-state index contributed by atoms with van der Waals surface area (Å²) in [6.07, 6.45) is 3.34. The molecule has 2 aromatic carbocycles. The molecule has 6 nitrogen and oxygen atoms in total. The molecular weight excluding hydrogens is 376 g/mol. The minimum absolute atomic E-state index is 0.0636. The lowest BCUT2D eigenvalue weighted by atomic mass is 10.1. The fraction of sp³-hybridized carbons (Fsp3) is 0.458. The van der Waals surface area contributed by atoms with Crippen molar-refractivity contribution >= 4 is 17.3 Å². The average molecular weight is 409 g/mol. The first kappa shape index (κ1) is 20.5. The maximum atomic E-state index is 13.0. The fourth-order valence-corrected chi connectivity index (χ4v) is 4.35. The molecule has 2 N–H and O–H groups in total. The molecule has 0 radical (unpaired) electrons. The molecular formula is C24H32N4O2. The molecule has 2 aliphatic rings. The van der Waals surface area contributed by atoms with Crippen LogP contribution in [0.2, 0.25) is 0 Å². The Kier molecular flexibility index (Phi) is 6.74. The van der Waals surface area contributed by atoms with Crippen LogP contribution in [0.3, 0.4) is 0 Å². The van der Waals surface area contributed by atoms with Crippen LogP contribution in [0.15, 0.2) is 48.5 Å².